The molecule has 0 amide bonds. The van der Waals surface area contributed by atoms with Gasteiger partial charge in [0.05, 0.1) is 21.8 Å². The molecule has 0 aliphatic carbocycles. The van der Waals surface area contributed by atoms with Crippen LogP contribution in [0.3, 0.4) is 0 Å². The molecule has 170 valence electrons. The molecule has 0 spiro atoms. The van der Waals surface area contributed by atoms with Gasteiger partial charge in [0.25, 0.3) is 20.0 Å². The Morgan fingerprint density at radius 3 is 1.56 bits per heavy atom. The molecule has 11 heteroatoms. The van der Waals surface area contributed by atoms with E-state index in [1.165, 1.54) is 60.7 Å². The lowest BCUT2D eigenvalue weighted by atomic mass is 10.0. The highest BCUT2D eigenvalue weighted by Crippen LogP contribution is 2.14. The van der Waals surface area contributed by atoms with Crippen molar-refractivity contribution in [3.63, 3.8) is 0 Å². The summed E-state index contributed by atoms with van der Waals surface area (Å²) in [6.07, 6.45) is 0. The average molecular weight is 479 g/mol. The molecule has 0 bridgehead atoms. The zero-order chi connectivity index (χ0) is 22.9. The normalized spacial score (nSPS) is 11.8. The van der Waals surface area contributed by atoms with Crippen molar-refractivity contribution in [3.05, 3.63) is 96.3 Å². The highest BCUT2D eigenvalue weighted by atomic mass is 32.3. The average Bonchev–Trinajstić information content (AvgIpc) is 2.77. The molecule has 8 nitrogen and oxygen atoms in total. The number of halogens is 1. The van der Waals surface area contributed by atoms with Crippen LogP contribution in [0.2, 0.25) is 0 Å². The minimum absolute atomic E-state index is 0. The van der Waals surface area contributed by atoms with Gasteiger partial charge in [-0.3, -0.25) is 0 Å². The van der Waals surface area contributed by atoms with Gasteiger partial charge in [-0.15, -0.1) is 4.13 Å². The van der Waals surface area contributed by atoms with Crippen LogP contribution >= 0.6 is 0 Å². The van der Waals surface area contributed by atoms with E-state index < -0.39 is 20.0 Å². The monoisotopic (exact) mass is 478 g/mol. The summed E-state index contributed by atoms with van der Waals surface area (Å²) in [6.45, 7) is 0.266. The largest absolute Gasteiger partial charge is 0.344 e. The molecule has 0 radical (unpaired) electrons. The number of nitrogens with zero attached hydrogens (tertiary/aromatic N) is 1. The quantitative estimate of drug-likeness (QED) is 0.490. The van der Waals surface area contributed by atoms with E-state index >= 15 is 0 Å². The highest BCUT2D eigenvalue weighted by Gasteiger charge is 2.23. The van der Waals surface area contributed by atoms with Crippen LogP contribution in [0.25, 0.3) is 0 Å². The van der Waals surface area contributed by atoms with Crippen LogP contribution in [0, 0.1) is 17.1 Å². The van der Waals surface area contributed by atoms with E-state index in [0.29, 0.717) is 0 Å². The molecule has 0 aliphatic heterocycles. The summed E-state index contributed by atoms with van der Waals surface area (Å²) in [4.78, 5) is -0.205. The zero-order valence-electron chi connectivity index (χ0n) is 16.9. The first-order valence-electron chi connectivity index (χ1n) is 8.93. The summed E-state index contributed by atoms with van der Waals surface area (Å²) in [5.41, 5.74) is 6.10. The number of nitrogens with two attached hydrogens (primary N) is 1. The Morgan fingerprint density at radius 1 is 0.812 bits per heavy atom. The molecule has 0 saturated heterocycles. The lowest BCUT2D eigenvalue weighted by Gasteiger charge is -2.07. The van der Waals surface area contributed by atoms with Gasteiger partial charge in [0.1, 0.15) is 5.82 Å². The fraction of sp³-hybridized carbons (Fsp3) is 0.0952. The molecule has 3 aromatic carbocycles. The number of sulfonamides is 2. The van der Waals surface area contributed by atoms with Gasteiger partial charge in [-0.1, -0.05) is 48.5 Å². The van der Waals surface area contributed by atoms with E-state index in [-0.39, 0.29) is 34.2 Å². The van der Waals surface area contributed by atoms with E-state index in [0.717, 1.165) is 5.56 Å². The van der Waals surface area contributed by atoms with E-state index in [9.17, 15) is 21.2 Å². The third-order valence-electron chi connectivity index (χ3n) is 3.99. The molecule has 1 atom stereocenters. The summed E-state index contributed by atoms with van der Waals surface area (Å²) in [7, 11) is -8.21. The predicted molar refractivity (Wildman–Crippen MR) is 119 cm³/mol. The van der Waals surface area contributed by atoms with Gasteiger partial charge in [-0.05, 0) is 42.0 Å². The van der Waals surface area contributed by atoms with Crippen molar-refractivity contribution in [3.8, 4) is 6.07 Å². The summed E-state index contributed by atoms with van der Waals surface area (Å²) in [5, 5.41) is 8.63. The zero-order valence-corrected chi connectivity index (χ0v) is 18.6. The van der Waals surface area contributed by atoms with Gasteiger partial charge < -0.3 is 11.9 Å². The maximum Gasteiger partial charge on any atom is 0.253 e. The van der Waals surface area contributed by atoms with Crippen LogP contribution in [0.4, 0.5) is 4.39 Å². The summed E-state index contributed by atoms with van der Waals surface area (Å²) < 4.78 is 61.9. The van der Waals surface area contributed by atoms with Crippen LogP contribution in [-0.2, 0) is 20.0 Å². The van der Waals surface area contributed by atoms with E-state index in [1.54, 1.807) is 28.4 Å². The standard InChI is InChI=1S/C12H11NO4S2.C9H9FN2.H3N/c14-18(15,11-7-3-1-4-8-11)13-19(16,17)12-9-5-2-6-10-12;10-9-3-1-7(2-4-9)8(5-11)6-12;/h1-10,13H;1-4,8H,5,11H2;1H3. The molecule has 0 fully saturated rings. The van der Waals surface area contributed by atoms with Crippen molar-refractivity contribution < 1.29 is 21.2 Å². The summed E-state index contributed by atoms with van der Waals surface area (Å²) in [5.74, 6) is -0.627. The first kappa shape index (κ1) is 26.9. The van der Waals surface area contributed by atoms with Crippen LogP contribution in [0.15, 0.2) is 94.7 Å². The fourth-order valence-electron chi connectivity index (χ4n) is 2.40. The van der Waals surface area contributed by atoms with E-state index in [1.807, 2.05) is 6.07 Å². The molecular weight excluding hydrogens is 455 g/mol. The van der Waals surface area contributed by atoms with Gasteiger partial charge in [0.2, 0.25) is 0 Å². The van der Waals surface area contributed by atoms with Crippen molar-refractivity contribution in [2.24, 2.45) is 5.73 Å². The smallest absolute Gasteiger partial charge is 0.253 e. The first-order valence-corrected chi connectivity index (χ1v) is 11.9. The molecule has 0 saturated carbocycles. The van der Waals surface area contributed by atoms with Crippen LogP contribution < -0.4 is 16.0 Å². The Labute approximate surface area is 187 Å². The van der Waals surface area contributed by atoms with E-state index in [2.05, 4.69) is 0 Å². The molecule has 0 aromatic heterocycles. The first-order chi connectivity index (χ1) is 14.7. The summed E-state index contributed by atoms with van der Waals surface area (Å²) >= 11 is 0. The highest BCUT2D eigenvalue weighted by molar-refractivity contribution is 8.04. The van der Waals surface area contributed by atoms with Crippen molar-refractivity contribution in [2.45, 2.75) is 15.7 Å². The number of nitrogens with one attached hydrogen (secondary N) is 1. The SMILES string of the molecule is N.N#CC(CN)c1ccc(F)cc1.O=S(=O)(NS(=O)(=O)c1ccccc1)c1ccccc1. The molecule has 0 heterocycles. The Morgan fingerprint density at radius 2 is 1.22 bits per heavy atom. The molecule has 32 heavy (non-hydrogen) atoms. The Hall–Kier alpha value is -3.14. The van der Waals surface area contributed by atoms with Crippen molar-refractivity contribution in [1.82, 2.24) is 10.3 Å². The predicted octanol–water partition coefficient (Wildman–Crippen LogP) is 2.91. The van der Waals surface area contributed by atoms with Crippen LogP contribution in [-0.4, -0.2) is 23.4 Å². The van der Waals surface area contributed by atoms with Gasteiger partial charge in [0.15, 0.2) is 0 Å². The van der Waals surface area contributed by atoms with Crippen molar-refractivity contribution in [2.75, 3.05) is 6.54 Å². The number of rotatable bonds is 6. The number of nitriles is 1. The third-order valence-corrected chi connectivity index (χ3v) is 7.53. The van der Waals surface area contributed by atoms with E-state index in [4.69, 9.17) is 11.0 Å². The molecule has 0 aliphatic rings. The number of hydrogen-bond acceptors (Lipinski definition) is 7. The molecule has 3 rings (SSSR count). The molecule has 3 aromatic rings. The lowest BCUT2D eigenvalue weighted by molar-refractivity contribution is 0.577. The second-order valence-corrected chi connectivity index (χ2v) is 9.81. The van der Waals surface area contributed by atoms with Gasteiger partial charge in [-0.2, -0.15) is 5.26 Å². The number of benzene rings is 3. The fourth-order valence-corrected chi connectivity index (χ4v) is 5.35. The van der Waals surface area contributed by atoms with Crippen LogP contribution in [0.1, 0.15) is 11.5 Å². The van der Waals surface area contributed by atoms with Crippen LogP contribution in [0.5, 0.6) is 0 Å². The minimum atomic E-state index is -4.10. The van der Waals surface area contributed by atoms with Gasteiger partial charge >= 0.3 is 0 Å². The topological polar surface area (TPSA) is 165 Å². The maximum atomic E-state index is 12.4. The second-order valence-electron chi connectivity index (χ2n) is 6.19. The van der Waals surface area contributed by atoms with Gasteiger partial charge in [-0.25, -0.2) is 21.2 Å². The number of hydrogen-bond donors (Lipinski definition) is 3. The second kappa shape index (κ2) is 12.0. The van der Waals surface area contributed by atoms with Gasteiger partial charge in [0, 0.05) is 6.54 Å². The molecular formula is C21H23FN4O4S2. The Balaban J connectivity index is 0.000000342. The van der Waals surface area contributed by atoms with Crippen molar-refractivity contribution in [1.29, 1.82) is 5.26 Å². The Kier molecular flexibility index (Phi) is 10.1. The minimum Gasteiger partial charge on any atom is -0.344 e. The lowest BCUT2D eigenvalue weighted by Crippen LogP contribution is -2.30. The molecule has 6 N–H and O–H groups in total. The molecule has 1 unspecified atom stereocenters. The maximum absolute atomic E-state index is 12.4. The van der Waals surface area contributed by atoms with Crippen molar-refractivity contribution >= 4 is 20.0 Å². The Bertz CT molecular complexity index is 1160. The third kappa shape index (κ3) is 7.52. The summed E-state index contributed by atoms with van der Waals surface area (Å²) in [6, 6.07) is 22.5.